The van der Waals surface area contributed by atoms with Crippen LogP contribution < -0.4 is 18.8 Å². The molecule has 0 aromatic heterocycles. The molecule has 0 spiro atoms. The molecule has 0 saturated carbocycles. The first-order chi connectivity index (χ1) is 17.5. The lowest BCUT2D eigenvalue weighted by atomic mass is 10.1. The number of carbonyl (C=O) groups is 1. The number of likely N-dealkylation sites (N-methyl/N-ethyl adjacent to an activating group) is 1. The number of nitrogens with zero attached hydrogens (tertiary/aromatic N) is 5. The number of anilines is 3. The molecule has 2 unspecified atom stereocenters. The Morgan fingerprint density at radius 2 is 1.84 bits per heavy atom. The average molecular weight is 530 g/mol. The highest BCUT2D eigenvalue weighted by Gasteiger charge is 2.37. The fourth-order valence-electron chi connectivity index (χ4n) is 4.63. The number of methoxy groups -OCH3 is 1. The van der Waals surface area contributed by atoms with Crippen molar-refractivity contribution in [2.45, 2.75) is 37.3 Å². The Hall–Kier alpha value is -3.31. The zero-order valence-corrected chi connectivity index (χ0v) is 23.0. The molecule has 10 nitrogen and oxygen atoms in total. The predicted molar refractivity (Wildman–Crippen MR) is 145 cm³/mol. The fourth-order valence-corrected chi connectivity index (χ4v) is 6.29. The van der Waals surface area contributed by atoms with Crippen LogP contribution >= 0.6 is 0 Å². The van der Waals surface area contributed by atoms with Gasteiger partial charge in [-0.3, -0.25) is 9.10 Å². The molecule has 2 aromatic rings. The van der Waals surface area contributed by atoms with Crippen molar-refractivity contribution in [2.24, 2.45) is 4.99 Å². The number of aliphatic imine (C=N–C) groups is 1. The number of hydrogen-bond donors (Lipinski definition) is 0. The van der Waals surface area contributed by atoms with Gasteiger partial charge in [-0.2, -0.15) is 0 Å². The highest BCUT2D eigenvalue weighted by Crippen LogP contribution is 2.40. The molecule has 11 heteroatoms. The van der Waals surface area contributed by atoms with Gasteiger partial charge in [-0.1, -0.05) is 0 Å². The maximum atomic E-state index is 13.8. The smallest absolute Gasteiger partial charge is 0.264 e. The number of hydrogen-bond acceptors (Lipinski definition) is 7. The molecule has 200 valence electrons. The SMILES string of the molecule is COc1ccc2c(c1)N(C)CC(C)N2S(=O)(=O)c1ccc(N2CCC(OC/N=C(\C)N(C)C)C2=O)cc1. The summed E-state index contributed by atoms with van der Waals surface area (Å²) in [4.78, 5) is 22.9. The Morgan fingerprint density at radius 1 is 1.14 bits per heavy atom. The second-order valence-corrected chi connectivity index (χ2v) is 11.4. The minimum atomic E-state index is -3.84. The van der Waals surface area contributed by atoms with Gasteiger partial charge in [-0.15, -0.1) is 0 Å². The maximum Gasteiger partial charge on any atom is 0.264 e. The van der Waals surface area contributed by atoms with E-state index in [1.165, 1.54) is 4.31 Å². The van der Waals surface area contributed by atoms with Crippen LogP contribution in [0, 0.1) is 0 Å². The first-order valence-electron chi connectivity index (χ1n) is 12.2. The number of fused-ring (bicyclic) bond motifs is 1. The summed E-state index contributed by atoms with van der Waals surface area (Å²) in [5, 5.41) is 0. The molecular weight excluding hydrogens is 494 g/mol. The van der Waals surface area contributed by atoms with Crippen LogP contribution in [0.2, 0.25) is 0 Å². The summed E-state index contributed by atoms with van der Waals surface area (Å²) in [5.74, 6) is 1.33. The van der Waals surface area contributed by atoms with Gasteiger partial charge in [0.15, 0.2) is 0 Å². The third-order valence-corrected chi connectivity index (χ3v) is 8.79. The lowest BCUT2D eigenvalue weighted by Gasteiger charge is -2.41. The van der Waals surface area contributed by atoms with Gasteiger partial charge in [0.25, 0.3) is 15.9 Å². The third-order valence-electron chi connectivity index (χ3n) is 6.85. The second kappa shape index (κ2) is 10.6. The number of benzene rings is 2. The van der Waals surface area contributed by atoms with Crippen molar-refractivity contribution < 1.29 is 22.7 Å². The molecule has 2 heterocycles. The first-order valence-corrected chi connectivity index (χ1v) is 13.6. The first kappa shape index (κ1) is 26.7. The van der Waals surface area contributed by atoms with Gasteiger partial charge in [0.2, 0.25) is 0 Å². The number of amidine groups is 1. The highest BCUT2D eigenvalue weighted by atomic mass is 32.2. The maximum absolute atomic E-state index is 13.8. The average Bonchev–Trinajstić information content (AvgIpc) is 3.23. The van der Waals surface area contributed by atoms with Crippen LogP contribution in [0.4, 0.5) is 17.1 Å². The topological polar surface area (TPSA) is 95.0 Å². The molecular formula is C26H35N5O5S. The lowest BCUT2D eigenvalue weighted by molar-refractivity contribution is -0.126. The molecule has 2 aliphatic heterocycles. The minimum absolute atomic E-state index is 0.113. The van der Waals surface area contributed by atoms with Crippen LogP contribution in [0.1, 0.15) is 20.3 Å². The van der Waals surface area contributed by atoms with Gasteiger partial charge >= 0.3 is 0 Å². The van der Waals surface area contributed by atoms with E-state index in [2.05, 4.69) is 4.99 Å². The van der Waals surface area contributed by atoms with E-state index in [4.69, 9.17) is 9.47 Å². The molecule has 4 rings (SSSR count). The van der Waals surface area contributed by atoms with Gasteiger partial charge in [-0.05, 0) is 50.2 Å². The van der Waals surface area contributed by atoms with Gasteiger partial charge in [0.1, 0.15) is 18.6 Å². The number of rotatable bonds is 7. The Morgan fingerprint density at radius 3 is 2.49 bits per heavy atom. The Labute approximate surface area is 219 Å². The molecule has 0 bridgehead atoms. The van der Waals surface area contributed by atoms with Crippen molar-refractivity contribution in [1.29, 1.82) is 0 Å². The van der Waals surface area contributed by atoms with Crippen molar-refractivity contribution in [3.05, 3.63) is 42.5 Å². The largest absolute Gasteiger partial charge is 0.497 e. The van der Waals surface area contributed by atoms with E-state index in [1.54, 1.807) is 48.4 Å². The molecule has 0 radical (unpaired) electrons. The van der Waals surface area contributed by atoms with Crippen molar-refractivity contribution >= 4 is 38.8 Å². The lowest BCUT2D eigenvalue weighted by Crippen LogP contribution is -2.49. The number of amides is 1. The van der Waals surface area contributed by atoms with Crippen LogP contribution in [0.5, 0.6) is 5.75 Å². The van der Waals surface area contributed by atoms with Crippen molar-refractivity contribution in [3.63, 3.8) is 0 Å². The van der Waals surface area contributed by atoms with E-state index >= 15 is 0 Å². The molecule has 1 fully saturated rings. The summed E-state index contributed by atoms with van der Waals surface area (Å²) in [6, 6.07) is 11.6. The predicted octanol–water partition coefficient (Wildman–Crippen LogP) is 2.79. The van der Waals surface area contributed by atoms with Crippen molar-refractivity contribution in [1.82, 2.24) is 4.90 Å². The summed E-state index contributed by atoms with van der Waals surface area (Å²) in [6.45, 7) is 4.92. The molecule has 2 aromatic carbocycles. The van der Waals surface area contributed by atoms with Crippen LogP contribution in [-0.2, 0) is 19.6 Å². The van der Waals surface area contributed by atoms with E-state index in [1.807, 2.05) is 50.9 Å². The van der Waals surface area contributed by atoms with Gasteiger partial charge < -0.3 is 24.2 Å². The monoisotopic (exact) mass is 529 g/mol. The summed E-state index contributed by atoms with van der Waals surface area (Å²) < 4.78 is 40.0. The standard InChI is InChI=1S/C26H35N5O5S/c1-18-16-29(5)24-15-21(35-6)9-12-23(24)31(18)37(33,34)22-10-7-20(8-11-22)30-14-13-25(26(30)32)36-17-27-19(2)28(3)4/h7-12,15,18,25H,13-14,16-17H2,1-6H3/b27-19+. The van der Waals surface area contributed by atoms with Crippen LogP contribution in [0.3, 0.4) is 0 Å². The van der Waals surface area contributed by atoms with Crippen LogP contribution in [0.15, 0.2) is 52.4 Å². The quantitative estimate of drug-likeness (QED) is 0.402. The van der Waals surface area contributed by atoms with Gasteiger partial charge in [-0.25, -0.2) is 13.4 Å². The number of ether oxygens (including phenoxy) is 2. The van der Waals surface area contributed by atoms with E-state index in [0.29, 0.717) is 36.6 Å². The van der Waals surface area contributed by atoms with E-state index in [-0.39, 0.29) is 23.6 Å². The number of sulfonamides is 1. The molecule has 2 aliphatic rings. The summed E-state index contributed by atoms with van der Waals surface area (Å²) >= 11 is 0. The molecule has 37 heavy (non-hydrogen) atoms. The fraction of sp³-hybridized carbons (Fsp3) is 0.462. The normalized spacial score (nSPS) is 20.3. The molecule has 0 N–H and O–H groups in total. The Bertz CT molecular complexity index is 1280. The highest BCUT2D eigenvalue weighted by molar-refractivity contribution is 7.92. The minimum Gasteiger partial charge on any atom is -0.497 e. The zero-order valence-electron chi connectivity index (χ0n) is 22.2. The van der Waals surface area contributed by atoms with Gasteiger partial charge in [0.05, 0.1) is 35.3 Å². The molecule has 1 saturated heterocycles. The van der Waals surface area contributed by atoms with Crippen molar-refractivity contribution in [2.75, 3.05) is 62.2 Å². The molecule has 1 amide bonds. The Balaban J connectivity index is 1.52. The summed E-state index contributed by atoms with van der Waals surface area (Å²) in [5.41, 5.74) is 2.03. The molecule has 0 aliphatic carbocycles. The van der Waals surface area contributed by atoms with Crippen molar-refractivity contribution in [3.8, 4) is 5.75 Å². The molecule has 2 atom stereocenters. The zero-order chi connectivity index (χ0) is 26.9. The Kier molecular flexibility index (Phi) is 7.65. The third kappa shape index (κ3) is 5.24. The van der Waals surface area contributed by atoms with Crippen LogP contribution in [-0.4, -0.2) is 85.3 Å². The van der Waals surface area contributed by atoms with Crippen LogP contribution in [0.25, 0.3) is 0 Å². The number of carbonyl (C=O) groups excluding carboxylic acids is 1. The van der Waals surface area contributed by atoms with Gasteiger partial charge in [0, 0.05) is 52.4 Å². The summed E-state index contributed by atoms with van der Waals surface area (Å²) in [6.07, 6.45) is -0.0177. The van der Waals surface area contributed by atoms with E-state index in [0.717, 1.165) is 11.5 Å². The summed E-state index contributed by atoms with van der Waals surface area (Å²) in [7, 11) is 3.47. The second-order valence-electron chi connectivity index (χ2n) is 9.54. The van der Waals surface area contributed by atoms with E-state index < -0.39 is 16.1 Å². The van der Waals surface area contributed by atoms with E-state index in [9.17, 15) is 13.2 Å².